The molecule has 0 unspecified atom stereocenters. The summed E-state index contributed by atoms with van der Waals surface area (Å²) in [5.74, 6) is 1.84. The lowest BCUT2D eigenvalue weighted by molar-refractivity contribution is 0.147. The molecule has 0 amide bonds. The number of halogens is 3. The second-order valence-corrected chi connectivity index (χ2v) is 4.91. The summed E-state index contributed by atoms with van der Waals surface area (Å²) in [5.41, 5.74) is 0.871. The molecule has 0 aliphatic carbocycles. The molecule has 0 radical (unpaired) electrons. The van der Waals surface area contributed by atoms with Crippen molar-refractivity contribution < 1.29 is 18.6 Å². The summed E-state index contributed by atoms with van der Waals surface area (Å²) < 4.78 is 29.6. The van der Waals surface area contributed by atoms with Gasteiger partial charge in [-0.05, 0) is 17.7 Å². The number of methoxy groups -OCH3 is 1. The van der Waals surface area contributed by atoms with Crippen LogP contribution in [0.1, 0.15) is 11.6 Å². The fraction of sp³-hybridized carbons (Fsp3) is 0.571. The Balaban J connectivity index is 0.00000121. The molecule has 1 fully saturated rings. The molecule has 1 aromatic carbocycles. The fourth-order valence-electron chi connectivity index (χ4n) is 2.73. The van der Waals surface area contributed by atoms with Gasteiger partial charge >= 0.3 is 0 Å². The third-order valence-electron chi connectivity index (χ3n) is 3.80. The van der Waals surface area contributed by atoms with E-state index in [1.165, 1.54) is 0 Å². The third kappa shape index (κ3) is 3.68. The molecule has 3 rings (SSSR count). The summed E-state index contributed by atoms with van der Waals surface area (Å²) in [6.07, 6.45) is 0. The highest BCUT2D eigenvalue weighted by Crippen LogP contribution is 2.43. The average Bonchev–Trinajstić information content (AvgIpc) is 2.97. The zero-order chi connectivity index (χ0) is 13.9. The van der Waals surface area contributed by atoms with E-state index in [4.69, 9.17) is 14.2 Å². The van der Waals surface area contributed by atoms with E-state index in [2.05, 4.69) is 10.2 Å². The van der Waals surface area contributed by atoms with E-state index >= 15 is 0 Å². The van der Waals surface area contributed by atoms with Gasteiger partial charge in [-0.3, -0.25) is 4.90 Å². The van der Waals surface area contributed by atoms with E-state index in [0.29, 0.717) is 17.2 Å². The number of piperazine rings is 1. The smallest absolute Gasteiger partial charge is 0.231 e. The number of hydrogen-bond acceptors (Lipinski definition) is 5. The molecule has 22 heavy (non-hydrogen) atoms. The van der Waals surface area contributed by atoms with Gasteiger partial charge in [-0.25, -0.2) is 4.39 Å². The van der Waals surface area contributed by atoms with E-state index in [0.717, 1.165) is 31.7 Å². The van der Waals surface area contributed by atoms with Gasteiger partial charge in [0.1, 0.15) is 6.67 Å². The van der Waals surface area contributed by atoms with E-state index in [-0.39, 0.29) is 37.6 Å². The highest BCUT2D eigenvalue weighted by atomic mass is 35.5. The van der Waals surface area contributed by atoms with Crippen LogP contribution in [0.5, 0.6) is 17.2 Å². The molecule has 8 heteroatoms. The van der Waals surface area contributed by atoms with Crippen LogP contribution in [0.15, 0.2) is 12.1 Å². The highest BCUT2D eigenvalue weighted by molar-refractivity contribution is 5.85. The molecule has 2 heterocycles. The predicted molar refractivity (Wildman–Crippen MR) is 86.8 cm³/mol. The van der Waals surface area contributed by atoms with Gasteiger partial charge < -0.3 is 19.5 Å². The van der Waals surface area contributed by atoms with Crippen molar-refractivity contribution in [1.82, 2.24) is 10.2 Å². The summed E-state index contributed by atoms with van der Waals surface area (Å²) in [7, 11) is 1.58. The maximum absolute atomic E-state index is 13.5. The van der Waals surface area contributed by atoms with Crippen molar-refractivity contribution in [2.24, 2.45) is 0 Å². The van der Waals surface area contributed by atoms with E-state index in [1.54, 1.807) is 7.11 Å². The lowest BCUT2D eigenvalue weighted by Crippen LogP contribution is -2.45. The summed E-state index contributed by atoms with van der Waals surface area (Å²) in [6.45, 7) is 3.21. The maximum Gasteiger partial charge on any atom is 0.231 e. The molecule has 1 saturated heterocycles. The number of benzene rings is 1. The number of hydrogen-bond donors (Lipinski definition) is 1. The number of nitrogens with zero attached hydrogens (tertiary/aromatic N) is 1. The number of ether oxygens (including phenoxy) is 3. The zero-order valence-corrected chi connectivity index (χ0v) is 14.0. The van der Waals surface area contributed by atoms with Crippen molar-refractivity contribution >= 4 is 24.8 Å². The van der Waals surface area contributed by atoms with Gasteiger partial charge in [-0.15, -0.1) is 24.8 Å². The number of nitrogens with one attached hydrogen (secondary N) is 1. The van der Waals surface area contributed by atoms with Crippen molar-refractivity contribution in [2.75, 3.05) is 46.8 Å². The zero-order valence-electron chi connectivity index (χ0n) is 12.3. The molecule has 1 aromatic rings. The maximum atomic E-state index is 13.5. The van der Waals surface area contributed by atoms with Gasteiger partial charge in [0.15, 0.2) is 11.5 Å². The summed E-state index contributed by atoms with van der Waals surface area (Å²) in [6, 6.07) is 3.44. The largest absolute Gasteiger partial charge is 0.493 e. The Morgan fingerprint density at radius 1 is 1.27 bits per heavy atom. The lowest BCUT2D eigenvalue weighted by atomic mass is 10.0. The SMILES string of the molecule is COc1cc([C@@H](CF)N2CCNCC2)cc2c1OCO2.Cl.Cl. The highest BCUT2D eigenvalue weighted by Gasteiger charge is 2.27. The first-order valence-corrected chi connectivity index (χ1v) is 6.81. The molecule has 0 saturated carbocycles. The van der Waals surface area contributed by atoms with E-state index < -0.39 is 6.67 Å². The second-order valence-electron chi connectivity index (χ2n) is 4.91. The van der Waals surface area contributed by atoms with Crippen LogP contribution in [0, 0.1) is 0 Å². The predicted octanol–water partition coefficient (Wildman–Crippen LogP) is 2.18. The minimum absolute atomic E-state index is 0. The molecule has 0 bridgehead atoms. The molecule has 1 atom stereocenters. The average molecular weight is 355 g/mol. The van der Waals surface area contributed by atoms with Gasteiger partial charge in [0.05, 0.1) is 13.2 Å². The Labute approximate surface area is 141 Å². The van der Waals surface area contributed by atoms with Crippen LogP contribution < -0.4 is 19.5 Å². The summed E-state index contributed by atoms with van der Waals surface area (Å²) in [4.78, 5) is 2.15. The van der Waals surface area contributed by atoms with Crippen molar-refractivity contribution in [1.29, 1.82) is 0 Å². The topological polar surface area (TPSA) is 43.0 Å². The summed E-state index contributed by atoms with van der Waals surface area (Å²) >= 11 is 0. The first-order chi connectivity index (χ1) is 9.83. The van der Waals surface area contributed by atoms with Crippen molar-refractivity contribution in [3.63, 3.8) is 0 Å². The Hall–Kier alpha value is -0.950. The molecule has 126 valence electrons. The molecule has 1 N–H and O–H groups in total. The van der Waals surface area contributed by atoms with Crippen LogP contribution in [0.4, 0.5) is 4.39 Å². The van der Waals surface area contributed by atoms with E-state index in [1.807, 2.05) is 12.1 Å². The van der Waals surface area contributed by atoms with Crippen molar-refractivity contribution in [3.8, 4) is 17.2 Å². The Bertz CT molecular complexity index is 487. The van der Waals surface area contributed by atoms with E-state index in [9.17, 15) is 4.39 Å². The molecule has 0 aromatic heterocycles. The number of rotatable bonds is 4. The van der Waals surface area contributed by atoms with Crippen LogP contribution in [-0.4, -0.2) is 51.7 Å². The van der Waals surface area contributed by atoms with Gasteiger partial charge in [0.25, 0.3) is 0 Å². The monoisotopic (exact) mass is 354 g/mol. The molecular weight excluding hydrogens is 334 g/mol. The Kier molecular flexibility index (Phi) is 7.48. The van der Waals surface area contributed by atoms with Crippen LogP contribution >= 0.6 is 24.8 Å². The van der Waals surface area contributed by atoms with Gasteiger partial charge in [0, 0.05) is 26.2 Å². The molecule has 2 aliphatic rings. The van der Waals surface area contributed by atoms with Crippen LogP contribution in [0.25, 0.3) is 0 Å². The van der Waals surface area contributed by atoms with Crippen molar-refractivity contribution in [2.45, 2.75) is 6.04 Å². The minimum atomic E-state index is -0.428. The third-order valence-corrected chi connectivity index (χ3v) is 3.80. The van der Waals surface area contributed by atoms with Gasteiger partial charge in [-0.2, -0.15) is 0 Å². The minimum Gasteiger partial charge on any atom is -0.493 e. The molecule has 5 nitrogen and oxygen atoms in total. The second kappa shape index (κ2) is 8.62. The van der Waals surface area contributed by atoms with Gasteiger partial charge in [0.2, 0.25) is 12.5 Å². The standard InChI is InChI=1S/C14H19FN2O3.2ClH/c1-18-12-6-10(7-13-14(12)20-9-19-13)11(8-15)17-4-2-16-3-5-17;;/h6-7,11,16H,2-5,8-9H2,1H3;2*1H/t11-;;/m1../s1. The first kappa shape index (κ1) is 19.1. The number of fused-ring (bicyclic) bond motifs is 1. The normalized spacial score (nSPS) is 18.1. The lowest BCUT2D eigenvalue weighted by Gasteiger charge is -2.33. The Morgan fingerprint density at radius 2 is 2.00 bits per heavy atom. The van der Waals surface area contributed by atoms with Crippen LogP contribution in [-0.2, 0) is 0 Å². The van der Waals surface area contributed by atoms with Gasteiger partial charge in [-0.1, -0.05) is 0 Å². The first-order valence-electron chi connectivity index (χ1n) is 6.81. The van der Waals surface area contributed by atoms with Crippen LogP contribution in [0.2, 0.25) is 0 Å². The summed E-state index contributed by atoms with van der Waals surface area (Å²) in [5, 5.41) is 3.28. The molecule has 2 aliphatic heterocycles. The quantitative estimate of drug-likeness (QED) is 0.897. The molecular formula is C14H21Cl2FN2O3. The van der Waals surface area contributed by atoms with Crippen molar-refractivity contribution in [3.05, 3.63) is 17.7 Å². The fourth-order valence-corrected chi connectivity index (χ4v) is 2.73. The van der Waals surface area contributed by atoms with Crippen LogP contribution in [0.3, 0.4) is 0 Å². The Morgan fingerprint density at radius 3 is 2.64 bits per heavy atom. The molecule has 0 spiro atoms. The number of alkyl halides is 1.